The highest BCUT2D eigenvalue weighted by Gasteiger charge is 2.35. The zero-order chi connectivity index (χ0) is 28.1. The summed E-state index contributed by atoms with van der Waals surface area (Å²) >= 11 is 9.81. The minimum absolute atomic E-state index is 0.00993. The van der Waals surface area contributed by atoms with Crippen molar-refractivity contribution in [3.05, 3.63) is 103 Å². The number of amides is 4. The summed E-state index contributed by atoms with van der Waals surface area (Å²) in [6, 6.07) is 15.7. The summed E-state index contributed by atoms with van der Waals surface area (Å²) in [4.78, 5) is 49.0. The van der Waals surface area contributed by atoms with E-state index < -0.39 is 29.3 Å². The maximum Gasteiger partial charge on any atom is 0.329 e. The van der Waals surface area contributed by atoms with Gasteiger partial charge in [0.2, 0.25) is 5.91 Å². The van der Waals surface area contributed by atoms with Crippen molar-refractivity contribution >= 4 is 62.8 Å². The molecule has 200 valence electrons. The Morgan fingerprint density at radius 2 is 1.90 bits per heavy atom. The monoisotopic (exact) mass is 612 g/mol. The molecule has 1 aliphatic heterocycles. The minimum Gasteiger partial charge on any atom is -0.486 e. The fourth-order valence-electron chi connectivity index (χ4n) is 3.84. The van der Waals surface area contributed by atoms with Gasteiger partial charge < -0.3 is 15.4 Å². The summed E-state index contributed by atoms with van der Waals surface area (Å²) in [6.45, 7) is 1.63. The standard InChI is InChI=1S/C27H22BrClN4O6/c1-2-18-5-3-4-6-22(18)30-24(34)14-32-26(35)23(31-27(32)36)13-17-11-20(28)25(21(29)12-17)39-15-16-7-9-19(10-8-16)33(37)38/h3-13H,2,14-15H2,1H3,(H,30,34)(H,31,36)/b23-13+. The van der Waals surface area contributed by atoms with Gasteiger partial charge in [-0.15, -0.1) is 0 Å². The van der Waals surface area contributed by atoms with Crippen molar-refractivity contribution in [2.75, 3.05) is 11.9 Å². The number of aryl methyl sites for hydroxylation is 1. The van der Waals surface area contributed by atoms with Crippen LogP contribution in [0.2, 0.25) is 5.02 Å². The number of nitro benzene ring substituents is 1. The number of halogens is 2. The number of carbonyl (C=O) groups excluding carboxylic acids is 3. The Morgan fingerprint density at radius 1 is 1.18 bits per heavy atom. The number of hydrogen-bond acceptors (Lipinski definition) is 6. The Kier molecular flexibility index (Phi) is 8.62. The fourth-order valence-corrected chi connectivity index (χ4v) is 4.82. The van der Waals surface area contributed by atoms with E-state index in [1.54, 1.807) is 36.4 Å². The molecule has 0 spiro atoms. The van der Waals surface area contributed by atoms with Gasteiger partial charge in [-0.3, -0.25) is 19.7 Å². The number of carbonyl (C=O) groups is 3. The Labute approximate surface area is 236 Å². The van der Waals surface area contributed by atoms with Gasteiger partial charge in [-0.25, -0.2) is 9.69 Å². The van der Waals surface area contributed by atoms with Gasteiger partial charge in [0.25, 0.3) is 11.6 Å². The molecule has 0 saturated carbocycles. The molecule has 3 aromatic carbocycles. The van der Waals surface area contributed by atoms with E-state index in [0.29, 0.717) is 33.5 Å². The van der Waals surface area contributed by atoms with Crippen molar-refractivity contribution in [2.45, 2.75) is 20.0 Å². The van der Waals surface area contributed by atoms with Crippen molar-refractivity contribution in [3.8, 4) is 5.75 Å². The zero-order valence-electron chi connectivity index (χ0n) is 20.6. The predicted molar refractivity (Wildman–Crippen MR) is 149 cm³/mol. The number of imide groups is 1. The lowest BCUT2D eigenvalue weighted by Gasteiger charge is -2.13. The summed E-state index contributed by atoms with van der Waals surface area (Å²) in [5, 5.41) is 16.3. The van der Waals surface area contributed by atoms with Gasteiger partial charge in [-0.05, 0) is 75.4 Å². The fraction of sp³-hybridized carbons (Fsp3) is 0.148. The SMILES string of the molecule is CCc1ccccc1NC(=O)CN1C(=O)N/C(=C/c2cc(Cl)c(OCc3ccc([N+](=O)[O-])cc3)c(Br)c2)C1=O. The molecule has 0 radical (unpaired) electrons. The molecule has 10 nitrogen and oxygen atoms in total. The van der Waals surface area contributed by atoms with Crippen molar-refractivity contribution in [3.63, 3.8) is 0 Å². The Morgan fingerprint density at radius 3 is 2.56 bits per heavy atom. The highest BCUT2D eigenvalue weighted by atomic mass is 79.9. The number of anilines is 1. The minimum atomic E-state index is -0.710. The van der Waals surface area contributed by atoms with E-state index in [1.165, 1.54) is 18.2 Å². The number of rotatable bonds is 9. The van der Waals surface area contributed by atoms with Gasteiger partial charge in [-0.2, -0.15) is 0 Å². The number of para-hydroxylation sites is 1. The molecular formula is C27H22BrClN4O6. The number of urea groups is 1. The molecule has 0 bridgehead atoms. The van der Waals surface area contributed by atoms with Crippen LogP contribution in [0.25, 0.3) is 6.08 Å². The summed E-state index contributed by atoms with van der Waals surface area (Å²) in [7, 11) is 0. The van der Waals surface area contributed by atoms with Gasteiger partial charge >= 0.3 is 6.03 Å². The van der Waals surface area contributed by atoms with Crippen LogP contribution < -0.4 is 15.4 Å². The molecule has 2 N–H and O–H groups in total. The third-order valence-electron chi connectivity index (χ3n) is 5.80. The molecule has 12 heteroatoms. The molecule has 4 rings (SSSR count). The third-order valence-corrected chi connectivity index (χ3v) is 6.67. The Bertz CT molecular complexity index is 1470. The first-order valence-corrected chi connectivity index (χ1v) is 12.9. The number of nitrogens with one attached hydrogen (secondary N) is 2. The van der Waals surface area contributed by atoms with Gasteiger partial charge in [0.1, 0.15) is 18.8 Å². The first kappa shape index (κ1) is 27.8. The van der Waals surface area contributed by atoms with Crippen LogP contribution in [-0.2, 0) is 22.6 Å². The normalized spacial score (nSPS) is 13.9. The Balaban J connectivity index is 1.43. The number of non-ortho nitro benzene ring substituents is 1. The van der Waals surface area contributed by atoms with Crippen molar-refractivity contribution in [2.24, 2.45) is 0 Å². The van der Waals surface area contributed by atoms with E-state index in [9.17, 15) is 24.5 Å². The van der Waals surface area contributed by atoms with E-state index in [4.69, 9.17) is 16.3 Å². The average Bonchev–Trinajstić information content (AvgIpc) is 3.15. The highest BCUT2D eigenvalue weighted by molar-refractivity contribution is 9.10. The molecule has 1 heterocycles. The van der Waals surface area contributed by atoms with Crippen LogP contribution in [0.5, 0.6) is 5.75 Å². The zero-order valence-corrected chi connectivity index (χ0v) is 22.9. The molecule has 0 aromatic heterocycles. The molecule has 1 fully saturated rings. The number of hydrogen-bond donors (Lipinski definition) is 2. The largest absolute Gasteiger partial charge is 0.486 e. The van der Waals surface area contributed by atoms with Crippen LogP contribution >= 0.6 is 27.5 Å². The molecule has 1 saturated heterocycles. The summed E-state index contributed by atoms with van der Waals surface area (Å²) < 4.78 is 6.28. The van der Waals surface area contributed by atoms with Crippen molar-refractivity contribution in [1.82, 2.24) is 10.2 Å². The second kappa shape index (κ2) is 12.1. The summed E-state index contributed by atoms with van der Waals surface area (Å²) in [5.41, 5.74) is 2.74. The molecular weight excluding hydrogens is 592 g/mol. The second-order valence-electron chi connectivity index (χ2n) is 8.46. The maximum absolute atomic E-state index is 12.9. The molecule has 0 unspecified atom stereocenters. The smallest absolute Gasteiger partial charge is 0.329 e. The Hall–Kier alpha value is -4.22. The number of ether oxygens (including phenoxy) is 1. The third kappa shape index (κ3) is 6.62. The van der Waals surface area contributed by atoms with Crippen LogP contribution in [0, 0.1) is 10.1 Å². The first-order chi connectivity index (χ1) is 18.7. The van der Waals surface area contributed by atoms with Crippen molar-refractivity contribution in [1.29, 1.82) is 0 Å². The molecule has 39 heavy (non-hydrogen) atoms. The number of nitro groups is 1. The molecule has 0 aliphatic carbocycles. The number of benzene rings is 3. The van der Waals surface area contributed by atoms with Crippen molar-refractivity contribution < 1.29 is 24.0 Å². The number of nitrogens with zero attached hydrogens (tertiary/aromatic N) is 2. The van der Waals surface area contributed by atoms with Crippen LogP contribution in [0.3, 0.4) is 0 Å². The van der Waals surface area contributed by atoms with E-state index >= 15 is 0 Å². The second-order valence-corrected chi connectivity index (χ2v) is 9.73. The molecule has 4 amide bonds. The van der Waals surface area contributed by atoms with E-state index in [0.717, 1.165) is 10.5 Å². The van der Waals surface area contributed by atoms with Gasteiger partial charge in [0.05, 0.1) is 14.4 Å². The lowest BCUT2D eigenvalue weighted by Crippen LogP contribution is -2.38. The van der Waals surface area contributed by atoms with E-state index in [-0.39, 0.29) is 23.0 Å². The van der Waals surface area contributed by atoms with E-state index in [1.807, 2.05) is 19.1 Å². The van der Waals surface area contributed by atoms with Gasteiger partial charge in [-0.1, -0.05) is 36.7 Å². The van der Waals surface area contributed by atoms with Crippen LogP contribution in [-0.4, -0.2) is 34.2 Å². The first-order valence-electron chi connectivity index (χ1n) is 11.7. The van der Waals surface area contributed by atoms with Crippen LogP contribution in [0.15, 0.2) is 70.8 Å². The topological polar surface area (TPSA) is 131 Å². The summed E-state index contributed by atoms with van der Waals surface area (Å²) in [6.07, 6.45) is 2.16. The lowest BCUT2D eigenvalue weighted by atomic mass is 10.1. The average molecular weight is 614 g/mol. The highest BCUT2D eigenvalue weighted by Crippen LogP contribution is 2.36. The maximum atomic E-state index is 12.9. The predicted octanol–water partition coefficient (Wildman–Crippen LogP) is 5.68. The van der Waals surface area contributed by atoms with Crippen LogP contribution in [0.4, 0.5) is 16.2 Å². The van der Waals surface area contributed by atoms with Gasteiger partial charge in [0, 0.05) is 17.8 Å². The quantitative estimate of drug-likeness (QED) is 0.138. The molecule has 0 atom stereocenters. The molecule has 1 aliphatic rings. The van der Waals surface area contributed by atoms with E-state index in [2.05, 4.69) is 26.6 Å². The van der Waals surface area contributed by atoms with Gasteiger partial charge in [0.15, 0.2) is 5.75 Å². The summed E-state index contributed by atoms with van der Waals surface area (Å²) in [5.74, 6) is -0.810. The lowest BCUT2D eigenvalue weighted by molar-refractivity contribution is -0.384. The van der Waals surface area contributed by atoms with Crippen LogP contribution in [0.1, 0.15) is 23.6 Å². The molecule has 3 aromatic rings.